The van der Waals surface area contributed by atoms with E-state index in [1.165, 1.54) is 11.1 Å². The maximum Gasteiger partial charge on any atom is 0.132 e. The summed E-state index contributed by atoms with van der Waals surface area (Å²) < 4.78 is 5.91. The quantitative estimate of drug-likeness (QED) is 0.884. The second-order valence-electron chi connectivity index (χ2n) is 6.77. The SMILES string of the molecule is Cc1ccc(OCCN(C)c2cc(C3CC(N)C3)ncn2)c(C)c1. The highest BCUT2D eigenvalue weighted by atomic mass is 16.5. The molecule has 24 heavy (non-hydrogen) atoms. The van der Waals surface area contributed by atoms with Gasteiger partial charge in [0.25, 0.3) is 0 Å². The summed E-state index contributed by atoms with van der Waals surface area (Å²) in [7, 11) is 2.03. The maximum atomic E-state index is 5.91. The fourth-order valence-electron chi connectivity index (χ4n) is 3.07. The lowest BCUT2D eigenvalue weighted by Crippen LogP contribution is -2.35. The lowest BCUT2D eigenvalue weighted by molar-refractivity contribution is 0.323. The number of aryl methyl sites for hydroxylation is 2. The Morgan fingerprint density at radius 3 is 2.71 bits per heavy atom. The smallest absolute Gasteiger partial charge is 0.132 e. The zero-order valence-electron chi connectivity index (χ0n) is 14.7. The number of likely N-dealkylation sites (N-methyl/N-ethyl adjacent to an activating group) is 1. The number of benzene rings is 1. The lowest BCUT2D eigenvalue weighted by atomic mass is 9.78. The van der Waals surface area contributed by atoms with Crippen molar-refractivity contribution >= 4 is 5.82 Å². The second kappa shape index (κ2) is 7.18. The predicted molar refractivity (Wildman–Crippen MR) is 96.7 cm³/mol. The molecule has 1 aromatic heterocycles. The van der Waals surface area contributed by atoms with Crippen molar-refractivity contribution in [3.63, 3.8) is 0 Å². The Morgan fingerprint density at radius 2 is 2.00 bits per heavy atom. The molecule has 1 aliphatic rings. The third-order valence-electron chi connectivity index (χ3n) is 4.67. The summed E-state index contributed by atoms with van der Waals surface area (Å²) in [6.45, 7) is 5.56. The Kier molecular flexibility index (Phi) is 5.00. The van der Waals surface area contributed by atoms with Gasteiger partial charge in [0.1, 0.15) is 24.5 Å². The molecular formula is C19H26N4O. The van der Waals surface area contributed by atoms with E-state index in [0.717, 1.165) is 36.6 Å². The van der Waals surface area contributed by atoms with Gasteiger partial charge in [-0.3, -0.25) is 0 Å². The van der Waals surface area contributed by atoms with E-state index in [1.54, 1.807) is 6.33 Å². The Morgan fingerprint density at radius 1 is 1.21 bits per heavy atom. The fraction of sp³-hybridized carbons (Fsp3) is 0.474. The molecule has 0 spiro atoms. The number of anilines is 1. The molecule has 1 aromatic carbocycles. The van der Waals surface area contributed by atoms with Crippen LogP contribution in [0.25, 0.3) is 0 Å². The van der Waals surface area contributed by atoms with Crippen molar-refractivity contribution in [3.8, 4) is 5.75 Å². The molecule has 2 aromatic rings. The minimum Gasteiger partial charge on any atom is -0.491 e. The number of nitrogens with zero attached hydrogens (tertiary/aromatic N) is 3. The van der Waals surface area contributed by atoms with Gasteiger partial charge < -0.3 is 15.4 Å². The monoisotopic (exact) mass is 326 g/mol. The summed E-state index contributed by atoms with van der Waals surface area (Å²) >= 11 is 0. The molecule has 0 saturated heterocycles. The van der Waals surface area contributed by atoms with Crippen LogP contribution in [0.15, 0.2) is 30.6 Å². The van der Waals surface area contributed by atoms with Crippen LogP contribution in [0.3, 0.4) is 0 Å². The van der Waals surface area contributed by atoms with E-state index in [-0.39, 0.29) is 0 Å². The molecule has 128 valence electrons. The van der Waals surface area contributed by atoms with Crippen LogP contribution in [0.4, 0.5) is 5.82 Å². The summed E-state index contributed by atoms with van der Waals surface area (Å²) in [5, 5.41) is 0. The van der Waals surface area contributed by atoms with Gasteiger partial charge in [0.05, 0.1) is 6.54 Å². The highest BCUT2D eigenvalue weighted by molar-refractivity contribution is 5.39. The molecule has 1 aliphatic carbocycles. The van der Waals surface area contributed by atoms with E-state index in [4.69, 9.17) is 10.5 Å². The summed E-state index contributed by atoms with van der Waals surface area (Å²) in [4.78, 5) is 10.9. The number of rotatable bonds is 6. The first kappa shape index (κ1) is 16.7. The van der Waals surface area contributed by atoms with Crippen molar-refractivity contribution in [2.75, 3.05) is 25.1 Å². The highest BCUT2D eigenvalue weighted by Gasteiger charge is 2.28. The van der Waals surface area contributed by atoms with E-state index in [1.807, 2.05) is 13.1 Å². The van der Waals surface area contributed by atoms with E-state index in [0.29, 0.717) is 18.6 Å². The Bertz CT molecular complexity index is 698. The van der Waals surface area contributed by atoms with E-state index in [2.05, 4.69) is 46.9 Å². The summed E-state index contributed by atoms with van der Waals surface area (Å²) in [6.07, 6.45) is 3.70. The zero-order valence-corrected chi connectivity index (χ0v) is 14.7. The number of hydrogen-bond donors (Lipinski definition) is 1. The normalized spacial score (nSPS) is 19.7. The topological polar surface area (TPSA) is 64.3 Å². The van der Waals surface area contributed by atoms with Crippen LogP contribution in [-0.4, -0.2) is 36.2 Å². The van der Waals surface area contributed by atoms with Crippen molar-refractivity contribution in [1.82, 2.24) is 9.97 Å². The standard InChI is InChI=1S/C19H26N4O/c1-13-4-5-18(14(2)8-13)24-7-6-23(3)19-11-17(21-12-22-19)15-9-16(20)10-15/h4-5,8,11-12,15-16H,6-7,9-10,20H2,1-3H3. The highest BCUT2D eigenvalue weighted by Crippen LogP contribution is 2.35. The van der Waals surface area contributed by atoms with Gasteiger partial charge in [0, 0.05) is 30.8 Å². The van der Waals surface area contributed by atoms with E-state index >= 15 is 0 Å². The molecule has 5 nitrogen and oxygen atoms in total. The molecule has 0 radical (unpaired) electrons. The average Bonchev–Trinajstić information content (AvgIpc) is 2.54. The van der Waals surface area contributed by atoms with Crippen molar-refractivity contribution in [2.45, 2.75) is 38.6 Å². The number of hydrogen-bond acceptors (Lipinski definition) is 5. The van der Waals surface area contributed by atoms with Crippen molar-refractivity contribution in [1.29, 1.82) is 0 Å². The van der Waals surface area contributed by atoms with Gasteiger partial charge in [-0.2, -0.15) is 0 Å². The van der Waals surface area contributed by atoms with Gasteiger partial charge in [-0.15, -0.1) is 0 Å². The number of ether oxygens (including phenoxy) is 1. The molecule has 0 unspecified atom stereocenters. The van der Waals surface area contributed by atoms with Crippen LogP contribution in [0.2, 0.25) is 0 Å². The third-order valence-corrected chi connectivity index (χ3v) is 4.67. The van der Waals surface area contributed by atoms with Gasteiger partial charge in [-0.25, -0.2) is 9.97 Å². The third kappa shape index (κ3) is 3.85. The van der Waals surface area contributed by atoms with E-state index < -0.39 is 0 Å². The van der Waals surface area contributed by atoms with Crippen LogP contribution >= 0.6 is 0 Å². The number of aromatic nitrogens is 2. The minimum atomic E-state index is 0.331. The maximum absolute atomic E-state index is 5.91. The Labute approximate surface area is 143 Å². The van der Waals surface area contributed by atoms with Crippen LogP contribution in [-0.2, 0) is 0 Å². The molecule has 5 heteroatoms. The molecule has 0 atom stereocenters. The molecule has 0 aliphatic heterocycles. The Balaban J connectivity index is 1.55. The molecule has 2 N–H and O–H groups in total. The molecule has 1 heterocycles. The first-order valence-electron chi connectivity index (χ1n) is 8.51. The lowest BCUT2D eigenvalue weighted by Gasteiger charge is -2.32. The largest absolute Gasteiger partial charge is 0.491 e. The summed E-state index contributed by atoms with van der Waals surface area (Å²) in [6, 6.07) is 8.66. The molecule has 1 saturated carbocycles. The van der Waals surface area contributed by atoms with Crippen molar-refractivity contribution in [2.24, 2.45) is 5.73 Å². The van der Waals surface area contributed by atoms with Crippen molar-refractivity contribution < 1.29 is 4.74 Å². The summed E-state index contributed by atoms with van der Waals surface area (Å²) in [5.41, 5.74) is 9.40. The van der Waals surface area contributed by atoms with Gasteiger partial charge in [0.2, 0.25) is 0 Å². The first-order chi connectivity index (χ1) is 11.5. The molecule has 0 bridgehead atoms. The van der Waals surface area contributed by atoms with Crippen LogP contribution in [0, 0.1) is 13.8 Å². The zero-order chi connectivity index (χ0) is 17.1. The molecule has 0 amide bonds. The van der Waals surface area contributed by atoms with Gasteiger partial charge in [0.15, 0.2) is 0 Å². The summed E-state index contributed by atoms with van der Waals surface area (Å²) in [5.74, 6) is 2.37. The fourth-order valence-corrected chi connectivity index (χ4v) is 3.07. The van der Waals surface area contributed by atoms with Crippen LogP contribution < -0.4 is 15.4 Å². The van der Waals surface area contributed by atoms with Crippen molar-refractivity contribution in [3.05, 3.63) is 47.4 Å². The molecular weight excluding hydrogens is 300 g/mol. The van der Waals surface area contributed by atoms with E-state index in [9.17, 15) is 0 Å². The number of nitrogens with two attached hydrogens (primary N) is 1. The second-order valence-corrected chi connectivity index (χ2v) is 6.77. The van der Waals surface area contributed by atoms with Gasteiger partial charge >= 0.3 is 0 Å². The molecule has 1 fully saturated rings. The van der Waals surface area contributed by atoms with Crippen LogP contribution in [0.1, 0.15) is 35.6 Å². The minimum absolute atomic E-state index is 0.331. The molecule has 3 rings (SSSR count). The van der Waals surface area contributed by atoms with Gasteiger partial charge in [-0.1, -0.05) is 17.7 Å². The Hall–Kier alpha value is -2.14. The predicted octanol–water partition coefficient (Wildman–Crippen LogP) is 2.81. The van der Waals surface area contributed by atoms with Gasteiger partial charge in [-0.05, 0) is 38.3 Å². The average molecular weight is 326 g/mol. The van der Waals surface area contributed by atoms with Crippen LogP contribution in [0.5, 0.6) is 5.75 Å². The first-order valence-corrected chi connectivity index (χ1v) is 8.51.